The maximum atomic E-state index is 12.1. The van der Waals surface area contributed by atoms with E-state index < -0.39 is 39.0 Å². The number of ether oxygens (including phenoxy) is 4. The number of carboxylic acid groups (broad SMARTS) is 1. The number of nitrogens with zero attached hydrogens (tertiary/aromatic N) is 4. The molecule has 0 spiro atoms. The summed E-state index contributed by atoms with van der Waals surface area (Å²) in [4.78, 5) is 70.6. The van der Waals surface area contributed by atoms with Crippen LogP contribution < -0.4 is 15.2 Å². The van der Waals surface area contributed by atoms with Crippen LogP contribution in [0.2, 0.25) is 0 Å². The summed E-state index contributed by atoms with van der Waals surface area (Å²) in [6, 6.07) is 7.22. The molecule has 0 unspecified atom stereocenters. The number of nitro benzene ring substituents is 2. The molecule has 2 fully saturated rings. The van der Waals surface area contributed by atoms with Gasteiger partial charge in [0.1, 0.15) is 40.5 Å². The number of hydrogen-bond acceptors (Lipinski definition) is 12. The Bertz CT molecular complexity index is 1530. The van der Waals surface area contributed by atoms with Crippen LogP contribution in [0.3, 0.4) is 0 Å². The zero-order valence-corrected chi connectivity index (χ0v) is 30.0. The van der Waals surface area contributed by atoms with Gasteiger partial charge in [-0.25, -0.2) is 14.4 Å². The Kier molecular flexibility index (Phi) is 13.3. The highest BCUT2D eigenvalue weighted by atomic mass is 16.6. The van der Waals surface area contributed by atoms with Gasteiger partial charge in [-0.1, -0.05) is 0 Å². The van der Waals surface area contributed by atoms with E-state index in [1.807, 2.05) is 0 Å². The lowest BCUT2D eigenvalue weighted by molar-refractivity contribution is -0.385. The predicted molar refractivity (Wildman–Crippen MR) is 185 cm³/mol. The van der Waals surface area contributed by atoms with E-state index in [1.165, 1.54) is 24.3 Å². The van der Waals surface area contributed by atoms with Crippen molar-refractivity contribution in [3.05, 3.63) is 67.8 Å². The van der Waals surface area contributed by atoms with Gasteiger partial charge >= 0.3 is 18.2 Å². The van der Waals surface area contributed by atoms with E-state index >= 15 is 0 Å². The Morgan fingerprint density at radius 1 is 0.692 bits per heavy atom. The number of benzene rings is 2. The van der Waals surface area contributed by atoms with Gasteiger partial charge < -0.3 is 39.6 Å². The van der Waals surface area contributed by atoms with Gasteiger partial charge in [0, 0.05) is 76.1 Å². The number of primary amides is 1. The van der Waals surface area contributed by atoms with Crippen molar-refractivity contribution >= 4 is 35.4 Å². The first-order valence-electron chi connectivity index (χ1n) is 16.5. The molecule has 18 nitrogen and oxygen atoms in total. The van der Waals surface area contributed by atoms with Crippen LogP contribution in [0.25, 0.3) is 0 Å². The molecule has 0 aliphatic carbocycles. The summed E-state index contributed by atoms with van der Waals surface area (Å²) in [5.41, 5.74) is 3.34. The summed E-state index contributed by atoms with van der Waals surface area (Å²) in [6.45, 7) is 12.6. The van der Waals surface area contributed by atoms with Gasteiger partial charge in [0.15, 0.2) is 0 Å². The fourth-order valence-corrected chi connectivity index (χ4v) is 5.15. The third-order valence-corrected chi connectivity index (χ3v) is 7.62. The van der Waals surface area contributed by atoms with Gasteiger partial charge in [0.25, 0.3) is 17.3 Å². The number of piperidine rings is 2. The summed E-state index contributed by atoms with van der Waals surface area (Å²) in [6.07, 6.45) is 0.844. The lowest BCUT2D eigenvalue weighted by Gasteiger charge is -2.33. The van der Waals surface area contributed by atoms with Gasteiger partial charge in [0.2, 0.25) is 0 Å². The topological polar surface area (TPSA) is 244 Å². The SMILES string of the molecule is CC(C)(C)OC(=O)N1CCC(Oc2ccc([N+](=O)[O-])cc2C(=O)O)CC1.CC(C)(C)OC(=O)N1CCC(Oc2ccc([N+](=O)[O-])cc2C(N)=O)CC1. The normalized spacial score (nSPS) is 15.4. The molecule has 2 aromatic carbocycles. The number of rotatable bonds is 8. The molecule has 0 aromatic heterocycles. The van der Waals surface area contributed by atoms with Crippen molar-refractivity contribution in [3.63, 3.8) is 0 Å². The number of aromatic carboxylic acids is 1. The molecule has 4 rings (SSSR count). The fraction of sp³-hybridized carbons (Fsp3) is 0.529. The van der Waals surface area contributed by atoms with Crippen molar-refractivity contribution in [2.24, 2.45) is 5.73 Å². The van der Waals surface area contributed by atoms with Crippen LogP contribution in [-0.2, 0) is 9.47 Å². The van der Waals surface area contributed by atoms with E-state index in [2.05, 4.69) is 0 Å². The van der Waals surface area contributed by atoms with Gasteiger partial charge in [-0.3, -0.25) is 25.0 Å². The van der Waals surface area contributed by atoms with Crippen molar-refractivity contribution in [2.45, 2.75) is 90.6 Å². The van der Waals surface area contributed by atoms with E-state index in [0.29, 0.717) is 51.9 Å². The number of carboxylic acids is 1. The predicted octanol–water partition coefficient (Wildman–Crippen LogP) is 5.54. The first-order valence-corrected chi connectivity index (χ1v) is 16.5. The molecule has 0 bridgehead atoms. The number of non-ortho nitro benzene ring substituents is 2. The average molecular weight is 732 g/mol. The molecule has 2 saturated heterocycles. The summed E-state index contributed by atoms with van der Waals surface area (Å²) in [5.74, 6) is -1.80. The second-order valence-electron chi connectivity index (χ2n) is 14.1. The second-order valence-corrected chi connectivity index (χ2v) is 14.1. The third kappa shape index (κ3) is 12.3. The molecule has 0 atom stereocenters. The van der Waals surface area contributed by atoms with Gasteiger partial charge in [0.05, 0.1) is 15.4 Å². The number of hydrogen-bond donors (Lipinski definition) is 2. The second kappa shape index (κ2) is 17.0. The smallest absolute Gasteiger partial charge is 0.410 e. The molecule has 284 valence electrons. The Hall–Kier alpha value is -5.68. The maximum absolute atomic E-state index is 12.1. The molecule has 2 heterocycles. The van der Waals surface area contributed by atoms with E-state index in [0.717, 1.165) is 12.1 Å². The standard InChI is InChI=1S/C17H23N3O6.C17H22N2O7/c1-17(2,3)26-16(22)19-8-6-12(7-9-19)25-14-5-4-11(20(23)24)10-13(14)15(18)21;1-17(2,3)26-16(22)18-8-6-12(7-9-18)25-14-5-4-11(19(23)24)10-13(14)15(20)21/h4-5,10,12H,6-9H2,1-3H3,(H2,18,21);4-5,10,12H,6-9H2,1-3H3,(H,20,21). The van der Waals surface area contributed by atoms with Crippen LogP contribution in [0, 0.1) is 20.2 Å². The third-order valence-electron chi connectivity index (χ3n) is 7.62. The molecule has 3 N–H and O–H groups in total. The number of amides is 3. The zero-order valence-electron chi connectivity index (χ0n) is 30.0. The van der Waals surface area contributed by atoms with Gasteiger partial charge in [-0.05, 0) is 53.7 Å². The first kappa shape index (κ1) is 40.7. The van der Waals surface area contributed by atoms with Crippen molar-refractivity contribution in [1.82, 2.24) is 9.80 Å². The minimum Gasteiger partial charge on any atom is -0.489 e. The molecular weight excluding hydrogens is 686 g/mol. The minimum atomic E-state index is -1.30. The molecule has 2 aliphatic rings. The summed E-state index contributed by atoms with van der Waals surface area (Å²) in [7, 11) is 0. The highest BCUT2D eigenvalue weighted by Gasteiger charge is 2.30. The van der Waals surface area contributed by atoms with E-state index in [-0.39, 0.29) is 52.3 Å². The van der Waals surface area contributed by atoms with Crippen LogP contribution in [0.1, 0.15) is 87.9 Å². The molecule has 0 radical (unpaired) electrons. The van der Waals surface area contributed by atoms with E-state index in [9.17, 15) is 44.5 Å². The minimum absolute atomic E-state index is 0.0335. The zero-order chi connectivity index (χ0) is 39.0. The fourth-order valence-electron chi connectivity index (χ4n) is 5.15. The largest absolute Gasteiger partial charge is 0.489 e. The number of nitrogens with two attached hydrogens (primary N) is 1. The summed E-state index contributed by atoms with van der Waals surface area (Å²) < 4.78 is 22.2. The Labute approximate surface area is 300 Å². The van der Waals surface area contributed by atoms with Gasteiger partial charge in [-0.15, -0.1) is 0 Å². The molecule has 3 amide bonds. The number of likely N-dealkylation sites (tertiary alicyclic amines) is 2. The maximum Gasteiger partial charge on any atom is 0.410 e. The van der Waals surface area contributed by atoms with Crippen molar-refractivity contribution < 1.29 is 53.1 Å². The summed E-state index contributed by atoms with van der Waals surface area (Å²) >= 11 is 0. The monoisotopic (exact) mass is 731 g/mol. The van der Waals surface area contributed by atoms with Crippen LogP contribution in [0.5, 0.6) is 11.5 Å². The molecule has 2 aromatic rings. The number of nitro groups is 2. The van der Waals surface area contributed by atoms with E-state index in [4.69, 9.17) is 24.7 Å². The Morgan fingerprint density at radius 2 is 1.04 bits per heavy atom. The average Bonchev–Trinajstić information content (AvgIpc) is 3.04. The van der Waals surface area contributed by atoms with Crippen LogP contribution in [-0.4, -0.2) is 98.4 Å². The number of carbonyl (C=O) groups excluding carboxylic acids is 3. The molecular formula is C34H45N5O13. The van der Waals surface area contributed by atoms with Gasteiger partial charge in [-0.2, -0.15) is 0 Å². The molecule has 2 aliphatic heterocycles. The van der Waals surface area contributed by atoms with Crippen LogP contribution >= 0.6 is 0 Å². The number of carbonyl (C=O) groups is 4. The first-order chi connectivity index (χ1) is 24.1. The van der Waals surface area contributed by atoms with Crippen LogP contribution in [0.15, 0.2) is 36.4 Å². The Balaban J connectivity index is 0.000000280. The Morgan fingerprint density at radius 3 is 1.35 bits per heavy atom. The van der Waals surface area contributed by atoms with Crippen molar-refractivity contribution in [2.75, 3.05) is 26.2 Å². The highest BCUT2D eigenvalue weighted by molar-refractivity contribution is 5.96. The lowest BCUT2D eigenvalue weighted by Crippen LogP contribution is -2.44. The lowest BCUT2D eigenvalue weighted by atomic mass is 10.1. The molecule has 18 heteroatoms. The summed E-state index contributed by atoms with van der Waals surface area (Å²) in [5, 5.41) is 30.9. The molecule has 0 saturated carbocycles. The van der Waals surface area contributed by atoms with E-state index in [1.54, 1.807) is 51.3 Å². The van der Waals surface area contributed by atoms with Crippen molar-refractivity contribution in [1.29, 1.82) is 0 Å². The van der Waals surface area contributed by atoms with Crippen molar-refractivity contribution in [3.8, 4) is 11.5 Å². The van der Waals surface area contributed by atoms with Crippen LogP contribution in [0.4, 0.5) is 21.0 Å². The molecule has 52 heavy (non-hydrogen) atoms. The highest BCUT2D eigenvalue weighted by Crippen LogP contribution is 2.29. The quantitative estimate of drug-likeness (QED) is 0.250.